The summed E-state index contributed by atoms with van der Waals surface area (Å²) in [6, 6.07) is 9.15. The molecule has 4 N–H and O–H groups in total. The van der Waals surface area contributed by atoms with Crippen LogP contribution < -0.4 is 11.3 Å². The van der Waals surface area contributed by atoms with E-state index in [9.17, 15) is 9.90 Å². The van der Waals surface area contributed by atoms with Crippen molar-refractivity contribution in [3.05, 3.63) is 46.2 Å². The quantitative estimate of drug-likeness (QED) is 0.700. The molecule has 0 aliphatic heterocycles. The lowest BCUT2D eigenvalue weighted by atomic mass is 10.1. The van der Waals surface area contributed by atoms with Crippen LogP contribution in [0.15, 0.2) is 35.1 Å². The number of para-hydroxylation sites is 1. The molecule has 1 unspecified atom stereocenters. The lowest BCUT2D eigenvalue weighted by molar-refractivity contribution is 0.0814. The molecule has 96 valence electrons. The van der Waals surface area contributed by atoms with Gasteiger partial charge in [-0.05, 0) is 17.5 Å². The van der Waals surface area contributed by atoms with Crippen molar-refractivity contribution in [2.75, 3.05) is 6.61 Å². The van der Waals surface area contributed by atoms with Crippen molar-refractivity contribution >= 4 is 10.9 Å². The van der Waals surface area contributed by atoms with E-state index >= 15 is 0 Å². The predicted octanol–water partition coefficient (Wildman–Crippen LogP) is -0.187. The number of aromatic nitrogens is 1. The van der Waals surface area contributed by atoms with Crippen LogP contribution in [0.4, 0.5) is 0 Å². The minimum Gasteiger partial charge on any atom is -0.394 e. The van der Waals surface area contributed by atoms with E-state index in [4.69, 9.17) is 10.8 Å². The molecule has 0 aliphatic carbocycles. The van der Waals surface area contributed by atoms with Gasteiger partial charge in [-0.1, -0.05) is 18.2 Å². The maximum atomic E-state index is 12.2. The van der Waals surface area contributed by atoms with E-state index in [-0.39, 0.29) is 25.3 Å². The summed E-state index contributed by atoms with van der Waals surface area (Å²) < 4.78 is 1.46. The molecule has 2 rings (SSSR count). The van der Waals surface area contributed by atoms with E-state index in [1.54, 1.807) is 12.1 Å². The van der Waals surface area contributed by atoms with Crippen LogP contribution in [-0.4, -0.2) is 27.5 Å². The Balaban J connectivity index is 2.66. The monoisotopic (exact) mass is 248 g/mol. The molecule has 18 heavy (non-hydrogen) atoms. The highest BCUT2D eigenvalue weighted by Gasteiger charge is 2.11. The Morgan fingerprint density at radius 3 is 2.72 bits per heavy atom. The Hall–Kier alpha value is -1.69. The SMILES string of the molecule is NCc1cc2ccccc2n(CC(O)CO)c1=O. The van der Waals surface area contributed by atoms with Crippen LogP contribution in [0.5, 0.6) is 0 Å². The third-order valence-corrected chi connectivity index (χ3v) is 2.90. The number of rotatable bonds is 4. The van der Waals surface area contributed by atoms with Gasteiger partial charge in [0.25, 0.3) is 5.56 Å². The average Bonchev–Trinajstić information content (AvgIpc) is 2.41. The largest absolute Gasteiger partial charge is 0.394 e. The third-order valence-electron chi connectivity index (χ3n) is 2.90. The Kier molecular flexibility index (Phi) is 3.76. The fourth-order valence-corrected chi connectivity index (χ4v) is 1.98. The molecule has 5 heteroatoms. The number of aliphatic hydroxyl groups excluding tert-OH is 2. The summed E-state index contributed by atoms with van der Waals surface area (Å²) >= 11 is 0. The summed E-state index contributed by atoms with van der Waals surface area (Å²) in [5.74, 6) is 0. The molecule has 0 bridgehead atoms. The number of pyridine rings is 1. The zero-order valence-corrected chi connectivity index (χ0v) is 9.91. The van der Waals surface area contributed by atoms with Crippen molar-refractivity contribution in [1.29, 1.82) is 0 Å². The molecular formula is C13H16N2O3. The van der Waals surface area contributed by atoms with E-state index in [1.807, 2.05) is 18.2 Å². The van der Waals surface area contributed by atoms with Crippen LogP contribution in [0, 0.1) is 0 Å². The molecule has 1 heterocycles. The van der Waals surface area contributed by atoms with Gasteiger partial charge in [-0.15, -0.1) is 0 Å². The molecule has 0 saturated heterocycles. The van der Waals surface area contributed by atoms with Gasteiger partial charge in [0.2, 0.25) is 0 Å². The first kappa shape index (κ1) is 12.8. The van der Waals surface area contributed by atoms with Crippen molar-refractivity contribution in [3.63, 3.8) is 0 Å². The van der Waals surface area contributed by atoms with Crippen molar-refractivity contribution in [2.24, 2.45) is 5.73 Å². The zero-order chi connectivity index (χ0) is 13.1. The van der Waals surface area contributed by atoms with Crippen molar-refractivity contribution in [3.8, 4) is 0 Å². The summed E-state index contributed by atoms with van der Waals surface area (Å²) in [6.45, 7) is -0.170. The van der Waals surface area contributed by atoms with E-state index in [0.29, 0.717) is 5.56 Å². The topological polar surface area (TPSA) is 88.5 Å². The van der Waals surface area contributed by atoms with Crippen LogP contribution in [0.2, 0.25) is 0 Å². The number of hydrogen-bond acceptors (Lipinski definition) is 4. The lowest BCUT2D eigenvalue weighted by Crippen LogP contribution is -2.31. The highest BCUT2D eigenvalue weighted by atomic mass is 16.3. The molecule has 0 aliphatic rings. The smallest absolute Gasteiger partial charge is 0.255 e. The predicted molar refractivity (Wildman–Crippen MR) is 69.2 cm³/mol. The molecule has 1 aromatic heterocycles. The number of aliphatic hydroxyl groups is 2. The Morgan fingerprint density at radius 1 is 1.33 bits per heavy atom. The third kappa shape index (κ3) is 2.28. The van der Waals surface area contributed by atoms with Crippen molar-refractivity contribution in [1.82, 2.24) is 4.57 Å². The van der Waals surface area contributed by atoms with Gasteiger partial charge in [0.1, 0.15) is 0 Å². The summed E-state index contributed by atoms with van der Waals surface area (Å²) in [5.41, 5.74) is 6.56. The average molecular weight is 248 g/mol. The minimum atomic E-state index is -0.959. The van der Waals surface area contributed by atoms with Gasteiger partial charge in [-0.25, -0.2) is 0 Å². The van der Waals surface area contributed by atoms with E-state index < -0.39 is 6.10 Å². The second kappa shape index (κ2) is 5.30. The van der Waals surface area contributed by atoms with Crippen molar-refractivity contribution in [2.45, 2.75) is 19.2 Å². The molecule has 0 amide bonds. The van der Waals surface area contributed by atoms with Crippen LogP contribution >= 0.6 is 0 Å². The minimum absolute atomic E-state index is 0.0592. The van der Waals surface area contributed by atoms with Crippen LogP contribution in [0.1, 0.15) is 5.56 Å². The normalized spacial score (nSPS) is 12.8. The highest BCUT2D eigenvalue weighted by Crippen LogP contribution is 2.13. The number of nitrogens with two attached hydrogens (primary N) is 1. The molecule has 0 fully saturated rings. The van der Waals surface area contributed by atoms with E-state index in [2.05, 4.69) is 0 Å². The Labute approximate surface area is 104 Å². The molecular weight excluding hydrogens is 232 g/mol. The molecule has 0 radical (unpaired) electrons. The van der Waals surface area contributed by atoms with Crippen LogP contribution in [0.25, 0.3) is 10.9 Å². The maximum Gasteiger partial charge on any atom is 0.255 e. The molecule has 0 spiro atoms. The summed E-state index contributed by atoms with van der Waals surface area (Å²) in [6.07, 6.45) is -0.959. The second-order valence-electron chi connectivity index (χ2n) is 4.18. The van der Waals surface area contributed by atoms with E-state index in [1.165, 1.54) is 4.57 Å². The van der Waals surface area contributed by atoms with Gasteiger partial charge in [0, 0.05) is 12.1 Å². The summed E-state index contributed by atoms with van der Waals surface area (Å²) in [7, 11) is 0. The van der Waals surface area contributed by atoms with Gasteiger partial charge in [0.05, 0.1) is 24.8 Å². The first-order valence-corrected chi connectivity index (χ1v) is 5.77. The van der Waals surface area contributed by atoms with Crippen LogP contribution in [-0.2, 0) is 13.1 Å². The summed E-state index contributed by atoms with van der Waals surface area (Å²) in [4.78, 5) is 12.2. The van der Waals surface area contributed by atoms with Gasteiger partial charge in [0.15, 0.2) is 0 Å². The fourth-order valence-electron chi connectivity index (χ4n) is 1.98. The molecule has 1 aromatic carbocycles. The Bertz CT molecular complexity index is 607. The number of hydrogen-bond donors (Lipinski definition) is 3. The fraction of sp³-hybridized carbons (Fsp3) is 0.308. The molecule has 5 nitrogen and oxygen atoms in total. The Morgan fingerprint density at radius 2 is 2.06 bits per heavy atom. The van der Waals surface area contributed by atoms with Crippen LogP contribution in [0.3, 0.4) is 0 Å². The maximum absolute atomic E-state index is 12.2. The first-order chi connectivity index (χ1) is 8.67. The zero-order valence-electron chi connectivity index (χ0n) is 9.91. The van der Waals surface area contributed by atoms with Gasteiger partial charge >= 0.3 is 0 Å². The molecule has 2 aromatic rings. The standard InChI is InChI=1S/C13H16N2O3/c14-6-10-5-9-3-1-2-4-12(9)15(13(10)18)7-11(17)8-16/h1-5,11,16-17H,6-8,14H2. The number of nitrogens with zero attached hydrogens (tertiary/aromatic N) is 1. The van der Waals surface area contributed by atoms with E-state index in [0.717, 1.165) is 10.9 Å². The molecule has 0 saturated carbocycles. The number of fused-ring (bicyclic) bond motifs is 1. The number of benzene rings is 1. The summed E-state index contributed by atoms with van der Waals surface area (Å²) in [5, 5.41) is 19.3. The molecule has 1 atom stereocenters. The second-order valence-corrected chi connectivity index (χ2v) is 4.18. The van der Waals surface area contributed by atoms with Crippen molar-refractivity contribution < 1.29 is 10.2 Å². The first-order valence-electron chi connectivity index (χ1n) is 5.77. The van der Waals surface area contributed by atoms with Gasteiger partial charge < -0.3 is 20.5 Å². The lowest BCUT2D eigenvalue weighted by Gasteiger charge is -2.14. The van der Waals surface area contributed by atoms with Gasteiger partial charge in [-0.3, -0.25) is 4.79 Å². The highest BCUT2D eigenvalue weighted by molar-refractivity contribution is 5.79. The van der Waals surface area contributed by atoms with Gasteiger partial charge in [-0.2, -0.15) is 0 Å².